The first-order valence-electron chi connectivity index (χ1n) is 6.20. The minimum atomic E-state index is -0.639. The predicted molar refractivity (Wildman–Crippen MR) is 70.3 cm³/mol. The number of aliphatic hydroxyl groups excluding tert-OH is 1. The number of nitrogens with two attached hydrogens (primary N) is 1. The van der Waals surface area contributed by atoms with Gasteiger partial charge >= 0.3 is 0 Å². The van der Waals surface area contributed by atoms with Crippen molar-refractivity contribution in [2.24, 2.45) is 5.73 Å². The van der Waals surface area contributed by atoms with E-state index in [4.69, 9.17) is 10.5 Å². The lowest BCUT2D eigenvalue weighted by molar-refractivity contribution is 0.216. The number of hydrogen-bond acceptors (Lipinski definition) is 3. The molecule has 1 rings (SSSR count). The van der Waals surface area contributed by atoms with Crippen LogP contribution >= 0.6 is 0 Å². The number of hydrogen-bond donors (Lipinski definition) is 2. The van der Waals surface area contributed by atoms with Gasteiger partial charge in [-0.05, 0) is 25.0 Å². The van der Waals surface area contributed by atoms with Crippen molar-refractivity contribution >= 4 is 0 Å². The minimum absolute atomic E-state index is 0.0400. The van der Waals surface area contributed by atoms with Crippen molar-refractivity contribution in [2.45, 2.75) is 38.1 Å². The zero-order chi connectivity index (χ0) is 13.8. The third kappa shape index (κ3) is 2.65. The summed E-state index contributed by atoms with van der Waals surface area (Å²) in [5.41, 5.74) is 5.94. The quantitative estimate of drug-likeness (QED) is 0.819. The van der Waals surface area contributed by atoms with Crippen molar-refractivity contribution in [1.29, 1.82) is 0 Å². The molecule has 0 amide bonds. The highest BCUT2D eigenvalue weighted by atomic mass is 19.1. The van der Waals surface area contributed by atoms with Gasteiger partial charge in [0.25, 0.3) is 0 Å². The molecule has 3 N–H and O–H groups in total. The van der Waals surface area contributed by atoms with E-state index in [9.17, 15) is 9.50 Å². The molecule has 1 aromatic carbocycles. The summed E-state index contributed by atoms with van der Waals surface area (Å²) in [6.45, 7) is 3.79. The second-order valence-corrected chi connectivity index (χ2v) is 4.72. The number of benzene rings is 1. The molecule has 18 heavy (non-hydrogen) atoms. The Hall–Kier alpha value is -1.13. The predicted octanol–water partition coefficient (Wildman–Crippen LogP) is 2.21. The summed E-state index contributed by atoms with van der Waals surface area (Å²) < 4.78 is 19.4. The average molecular weight is 255 g/mol. The maximum atomic E-state index is 14.1. The van der Waals surface area contributed by atoms with Gasteiger partial charge in [-0.1, -0.05) is 19.9 Å². The SMILES string of the molecule is CCC(N)C(C)(CCO)c1c(F)cccc1OC. The van der Waals surface area contributed by atoms with E-state index < -0.39 is 5.41 Å². The third-order valence-electron chi connectivity index (χ3n) is 3.66. The molecule has 4 heteroatoms. The Kier molecular flexibility index (Phi) is 5.11. The van der Waals surface area contributed by atoms with E-state index in [1.165, 1.54) is 13.2 Å². The summed E-state index contributed by atoms with van der Waals surface area (Å²) in [5.74, 6) is 0.143. The number of rotatable bonds is 6. The first-order valence-corrected chi connectivity index (χ1v) is 6.20. The van der Waals surface area contributed by atoms with E-state index in [1.807, 2.05) is 13.8 Å². The maximum Gasteiger partial charge on any atom is 0.130 e. The van der Waals surface area contributed by atoms with Gasteiger partial charge in [-0.2, -0.15) is 0 Å². The summed E-state index contributed by atoms with van der Waals surface area (Å²) in [7, 11) is 1.51. The zero-order valence-electron chi connectivity index (χ0n) is 11.2. The van der Waals surface area contributed by atoms with Gasteiger partial charge in [0.05, 0.1) is 7.11 Å². The molecule has 0 aliphatic heterocycles. The second kappa shape index (κ2) is 6.16. The van der Waals surface area contributed by atoms with Gasteiger partial charge in [0, 0.05) is 23.6 Å². The molecular weight excluding hydrogens is 233 g/mol. The van der Waals surface area contributed by atoms with Crippen LogP contribution < -0.4 is 10.5 Å². The van der Waals surface area contributed by atoms with E-state index in [1.54, 1.807) is 12.1 Å². The molecule has 2 unspecified atom stereocenters. The molecule has 0 bridgehead atoms. The molecule has 1 aromatic rings. The zero-order valence-corrected chi connectivity index (χ0v) is 11.2. The highest BCUT2D eigenvalue weighted by Gasteiger charge is 2.37. The number of methoxy groups -OCH3 is 1. The highest BCUT2D eigenvalue weighted by Crippen LogP contribution is 2.39. The largest absolute Gasteiger partial charge is 0.496 e. The maximum absolute atomic E-state index is 14.1. The van der Waals surface area contributed by atoms with Gasteiger partial charge < -0.3 is 15.6 Å². The van der Waals surface area contributed by atoms with Crippen LogP contribution in [0.25, 0.3) is 0 Å². The molecule has 0 saturated heterocycles. The molecule has 3 nitrogen and oxygen atoms in total. The Bertz CT molecular complexity index is 397. The number of halogens is 1. The first kappa shape index (κ1) is 14.9. The van der Waals surface area contributed by atoms with Gasteiger partial charge in [0.1, 0.15) is 11.6 Å². The Morgan fingerprint density at radius 3 is 2.67 bits per heavy atom. The van der Waals surface area contributed by atoms with E-state index in [2.05, 4.69) is 0 Å². The van der Waals surface area contributed by atoms with Crippen molar-refractivity contribution in [3.05, 3.63) is 29.6 Å². The number of ether oxygens (including phenoxy) is 1. The van der Waals surface area contributed by atoms with Crippen LogP contribution in [0.5, 0.6) is 5.75 Å². The fraction of sp³-hybridized carbons (Fsp3) is 0.571. The van der Waals surface area contributed by atoms with Crippen LogP contribution in [0, 0.1) is 5.82 Å². The molecular formula is C14H22FNO2. The summed E-state index contributed by atoms with van der Waals surface area (Å²) in [6, 6.07) is 4.48. The van der Waals surface area contributed by atoms with Crippen molar-refractivity contribution in [1.82, 2.24) is 0 Å². The van der Waals surface area contributed by atoms with E-state index >= 15 is 0 Å². The first-order chi connectivity index (χ1) is 8.51. The van der Waals surface area contributed by atoms with E-state index in [-0.39, 0.29) is 18.5 Å². The summed E-state index contributed by atoms with van der Waals surface area (Å²) in [5, 5.41) is 9.24. The van der Waals surface area contributed by atoms with Crippen LogP contribution in [-0.2, 0) is 5.41 Å². The molecule has 0 aliphatic rings. The summed E-state index contributed by atoms with van der Waals surface area (Å²) >= 11 is 0. The summed E-state index contributed by atoms with van der Waals surface area (Å²) in [4.78, 5) is 0. The lowest BCUT2D eigenvalue weighted by atomic mass is 9.72. The van der Waals surface area contributed by atoms with Crippen molar-refractivity contribution in [3.8, 4) is 5.75 Å². The van der Waals surface area contributed by atoms with Gasteiger partial charge in [-0.3, -0.25) is 0 Å². The Morgan fingerprint density at radius 1 is 1.50 bits per heavy atom. The van der Waals surface area contributed by atoms with Gasteiger partial charge in [-0.25, -0.2) is 4.39 Å². The van der Waals surface area contributed by atoms with Crippen LogP contribution in [0.4, 0.5) is 4.39 Å². The normalized spacial score (nSPS) is 16.1. The summed E-state index contributed by atoms with van der Waals surface area (Å²) in [6.07, 6.45) is 1.10. The van der Waals surface area contributed by atoms with Gasteiger partial charge in [0.15, 0.2) is 0 Å². The van der Waals surface area contributed by atoms with Gasteiger partial charge in [0.2, 0.25) is 0 Å². The lowest BCUT2D eigenvalue weighted by Gasteiger charge is -2.36. The molecule has 2 atom stereocenters. The Balaban J connectivity index is 3.37. The molecule has 0 fully saturated rings. The third-order valence-corrected chi connectivity index (χ3v) is 3.66. The average Bonchev–Trinajstić information content (AvgIpc) is 2.37. The van der Waals surface area contributed by atoms with E-state index in [0.29, 0.717) is 24.2 Å². The van der Waals surface area contributed by atoms with Crippen molar-refractivity contribution in [2.75, 3.05) is 13.7 Å². The van der Waals surface area contributed by atoms with Crippen molar-refractivity contribution < 1.29 is 14.2 Å². The highest BCUT2D eigenvalue weighted by molar-refractivity contribution is 5.41. The van der Waals surface area contributed by atoms with Crippen LogP contribution in [0.1, 0.15) is 32.3 Å². The smallest absolute Gasteiger partial charge is 0.130 e. The van der Waals surface area contributed by atoms with Crippen LogP contribution in [0.2, 0.25) is 0 Å². The fourth-order valence-electron chi connectivity index (χ4n) is 2.41. The topological polar surface area (TPSA) is 55.5 Å². The fourth-order valence-corrected chi connectivity index (χ4v) is 2.41. The van der Waals surface area contributed by atoms with Gasteiger partial charge in [-0.15, -0.1) is 0 Å². The Morgan fingerprint density at radius 2 is 2.17 bits per heavy atom. The molecule has 102 valence electrons. The second-order valence-electron chi connectivity index (χ2n) is 4.72. The molecule has 0 aromatic heterocycles. The standard InChI is InChI=1S/C14H22FNO2/c1-4-12(16)14(2,8-9-17)13-10(15)6-5-7-11(13)18-3/h5-7,12,17H,4,8-9,16H2,1-3H3. The monoisotopic (exact) mass is 255 g/mol. The number of aliphatic hydroxyl groups is 1. The minimum Gasteiger partial charge on any atom is -0.496 e. The van der Waals surface area contributed by atoms with Crippen LogP contribution in [-0.4, -0.2) is 24.9 Å². The van der Waals surface area contributed by atoms with Crippen LogP contribution in [0.15, 0.2) is 18.2 Å². The molecule has 0 spiro atoms. The Labute approximate surface area is 108 Å². The van der Waals surface area contributed by atoms with Crippen molar-refractivity contribution in [3.63, 3.8) is 0 Å². The van der Waals surface area contributed by atoms with E-state index in [0.717, 1.165) is 0 Å². The van der Waals surface area contributed by atoms with Crippen LogP contribution in [0.3, 0.4) is 0 Å². The molecule has 0 aliphatic carbocycles. The molecule has 0 saturated carbocycles. The lowest BCUT2D eigenvalue weighted by Crippen LogP contribution is -2.44. The molecule has 0 radical (unpaired) electrons. The molecule has 0 heterocycles.